The number of carbonyl (C=O) groups excluding carboxylic acids is 2. The lowest BCUT2D eigenvalue weighted by atomic mass is 9.90. The quantitative estimate of drug-likeness (QED) is 0.337. The molecule has 0 aliphatic carbocycles. The van der Waals surface area contributed by atoms with Gasteiger partial charge in [-0.05, 0) is 54.1 Å². The fourth-order valence-electron chi connectivity index (χ4n) is 4.69. The highest BCUT2D eigenvalue weighted by atomic mass is 79.9. The summed E-state index contributed by atoms with van der Waals surface area (Å²) < 4.78 is 24.6. The van der Waals surface area contributed by atoms with E-state index in [1.165, 1.54) is 17.0 Å². The minimum Gasteiger partial charge on any atom is -0.386 e. The molecule has 0 saturated carbocycles. The van der Waals surface area contributed by atoms with E-state index in [2.05, 4.69) is 21.4 Å². The number of hydrogen-bond acceptors (Lipinski definition) is 7. The minimum atomic E-state index is -3.39. The molecule has 3 aromatic rings. The number of halogens is 1. The van der Waals surface area contributed by atoms with Crippen molar-refractivity contribution in [3.63, 3.8) is 0 Å². The maximum atomic E-state index is 13.7. The second kappa shape index (κ2) is 9.86. The molecule has 0 spiro atoms. The average molecular weight is 582 g/mol. The molecule has 2 aliphatic rings. The lowest BCUT2D eigenvalue weighted by Gasteiger charge is -2.40. The van der Waals surface area contributed by atoms with Gasteiger partial charge in [0.05, 0.1) is 28.6 Å². The summed E-state index contributed by atoms with van der Waals surface area (Å²) in [6, 6.07) is 20.4. The van der Waals surface area contributed by atoms with Crippen LogP contribution < -0.4 is 10.3 Å². The number of nitrogens with zero attached hydrogens (tertiary/aromatic N) is 2. The Morgan fingerprint density at radius 2 is 1.54 bits per heavy atom. The fourth-order valence-corrected chi connectivity index (χ4v) is 5.58. The van der Waals surface area contributed by atoms with Gasteiger partial charge in [0, 0.05) is 16.4 Å². The largest absolute Gasteiger partial charge is 0.386 e. The molecule has 1 saturated heterocycles. The zero-order valence-electron chi connectivity index (χ0n) is 19.7. The van der Waals surface area contributed by atoms with Crippen LogP contribution in [-0.2, 0) is 19.4 Å². The highest BCUT2D eigenvalue weighted by Gasteiger charge is 2.54. The molecule has 8 nitrogen and oxygen atoms in total. The van der Waals surface area contributed by atoms with Crippen LogP contribution in [0.3, 0.4) is 0 Å². The van der Waals surface area contributed by atoms with E-state index in [0.29, 0.717) is 16.9 Å². The summed E-state index contributed by atoms with van der Waals surface area (Å²) in [6.07, 6.45) is 3.51. The minimum absolute atomic E-state index is 0.156. The zero-order chi connectivity index (χ0) is 26.3. The molecule has 0 radical (unpaired) electrons. The molecule has 2 N–H and O–H groups in total. The van der Waals surface area contributed by atoms with Gasteiger partial charge in [-0.3, -0.25) is 9.59 Å². The maximum Gasteiger partial charge on any atom is 0.254 e. The SMILES string of the molecule is CS(=O)(=O)c1ccc(NN2C3C(=O)N(c4ccccc4)C(=O)[C@@H]3C=C[C@@H]2[C@H](O)c2ccc(Br)cc2)cc1. The number of sulfone groups is 1. The van der Waals surface area contributed by atoms with E-state index in [1.54, 1.807) is 71.8 Å². The number of amides is 2. The Balaban J connectivity index is 1.54. The third-order valence-electron chi connectivity index (χ3n) is 6.55. The van der Waals surface area contributed by atoms with Crippen molar-refractivity contribution in [2.75, 3.05) is 16.6 Å². The molecule has 1 fully saturated rings. The third kappa shape index (κ3) is 4.85. The molecule has 10 heteroatoms. The van der Waals surface area contributed by atoms with Crippen molar-refractivity contribution in [2.24, 2.45) is 5.92 Å². The predicted molar refractivity (Wildman–Crippen MR) is 143 cm³/mol. The fraction of sp³-hybridized carbons (Fsp3) is 0.185. The van der Waals surface area contributed by atoms with Crippen molar-refractivity contribution >= 4 is 49.0 Å². The summed E-state index contributed by atoms with van der Waals surface area (Å²) in [5.74, 6) is -1.53. The summed E-state index contributed by atoms with van der Waals surface area (Å²) in [5.41, 5.74) is 4.80. The highest BCUT2D eigenvalue weighted by molar-refractivity contribution is 9.10. The van der Waals surface area contributed by atoms with Gasteiger partial charge in [0.2, 0.25) is 5.91 Å². The Morgan fingerprint density at radius 1 is 0.892 bits per heavy atom. The second-order valence-corrected chi connectivity index (χ2v) is 11.9. The van der Waals surface area contributed by atoms with E-state index in [-0.39, 0.29) is 10.8 Å². The summed E-state index contributed by atoms with van der Waals surface area (Å²) >= 11 is 3.40. The van der Waals surface area contributed by atoms with Crippen LogP contribution in [-0.4, -0.2) is 48.7 Å². The Labute approximate surface area is 223 Å². The van der Waals surface area contributed by atoms with E-state index in [4.69, 9.17) is 0 Å². The molecule has 4 atom stereocenters. The first-order chi connectivity index (χ1) is 17.6. The number of benzene rings is 3. The number of imide groups is 1. The molecule has 3 aromatic carbocycles. The van der Waals surface area contributed by atoms with Crippen LogP contribution in [0.25, 0.3) is 0 Å². The molecular formula is C27H24BrN3O5S. The van der Waals surface area contributed by atoms with Gasteiger partial charge in [0.25, 0.3) is 5.91 Å². The van der Waals surface area contributed by atoms with Gasteiger partial charge in [-0.15, -0.1) is 0 Å². The number of hydrazine groups is 1. The molecular weight excluding hydrogens is 558 g/mol. The normalized spacial score (nSPS) is 22.7. The topological polar surface area (TPSA) is 107 Å². The van der Waals surface area contributed by atoms with Crippen LogP contribution >= 0.6 is 15.9 Å². The van der Waals surface area contributed by atoms with E-state index in [0.717, 1.165) is 10.7 Å². The number of nitrogens with one attached hydrogen (secondary N) is 1. The highest BCUT2D eigenvalue weighted by Crippen LogP contribution is 2.38. The van der Waals surface area contributed by atoms with Crippen LogP contribution in [0.1, 0.15) is 11.7 Å². The van der Waals surface area contributed by atoms with E-state index < -0.39 is 39.8 Å². The lowest BCUT2D eigenvalue weighted by molar-refractivity contribution is -0.123. The summed E-state index contributed by atoms with van der Waals surface area (Å²) in [6.45, 7) is 0. The van der Waals surface area contributed by atoms with Gasteiger partial charge < -0.3 is 10.5 Å². The number of rotatable bonds is 6. The summed E-state index contributed by atoms with van der Waals surface area (Å²) in [5, 5.41) is 12.9. The van der Waals surface area contributed by atoms with Gasteiger partial charge in [0.1, 0.15) is 6.04 Å². The average Bonchev–Trinajstić information content (AvgIpc) is 3.14. The van der Waals surface area contributed by atoms with E-state index in [9.17, 15) is 23.1 Å². The van der Waals surface area contributed by atoms with Crippen molar-refractivity contribution in [3.8, 4) is 0 Å². The number of carbonyl (C=O) groups is 2. The third-order valence-corrected chi connectivity index (χ3v) is 8.20. The molecule has 2 heterocycles. The molecule has 190 valence electrons. The van der Waals surface area contributed by atoms with Crippen LogP contribution in [0.15, 0.2) is 100 Å². The zero-order valence-corrected chi connectivity index (χ0v) is 22.1. The van der Waals surface area contributed by atoms with Crippen molar-refractivity contribution in [2.45, 2.75) is 23.1 Å². The van der Waals surface area contributed by atoms with Crippen LogP contribution in [0.2, 0.25) is 0 Å². The Bertz CT molecular complexity index is 1460. The van der Waals surface area contributed by atoms with Crippen molar-refractivity contribution in [1.82, 2.24) is 5.01 Å². The predicted octanol–water partition coefficient (Wildman–Crippen LogP) is 3.71. The molecule has 0 bridgehead atoms. The summed E-state index contributed by atoms with van der Waals surface area (Å²) in [7, 11) is -3.39. The summed E-state index contributed by atoms with van der Waals surface area (Å²) in [4.78, 5) is 28.4. The number of para-hydroxylation sites is 1. The molecule has 2 aliphatic heterocycles. The number of anilines is 2. The van der Waals surface area contributed by atoms with Crippen LogP contribution in [0.4, 0.5) is 11.4 Å². The van der Waals surface area contributed by atoms with Crippen LogP contribution in [0, 0.1) is 5.92 Å². The van der Waals surface area contributed by atoms with Crippen LogP contribution in [0.5, 0.6) is 0 Å². The first-order valence-corrected chi connectivity index (χ1v) is 14.2. The first kappa shape index (κ1) is 25.3. The monoisotopic (exact) mass is 581 g/mol. The van der Waals surface area contributed by atoms with E-state index >= 15 is 0 Å². The Hall–Kier alpha value is -3.31. The Morgan fingerprint density at radius 3 is 2.16 bits per heavy atom. The van der Waals surface area contributed by atoms with Gasteiger partial charge in [-0.1, -0.05) is 58.4 Å². The van der Waals surface area contributed by atoms with Crippen molar-refractivity contribution in [1.29, 1.82) is 0 Å². The van der Waals surface area contributed by atoms with Crippen molar-refractivity contribution < 1.29 is 23.1 Å². The second-order valence-electron chi connectivity index (χ2n) is 9.01. The van der Waals surface area contributed by atoms with E-state index in [1.807, 2.05) is 12.1 Å². The first-order valence-electron chi connectivity index (χ1n) is 11.5. The maximum absolute atomic E-state index is 13.7. The molecule has 37 heavy (non-hydrogen) atoms. The number of fused-ring (bicyclic) bond motifs is 1. The van der Waals surface area contributed by atoms with Gasteiger partial charge in [-0.2, -0.15) is 0 Å². The van der Waals surface area contributed by atoms with Gasteiger partial charge in [-0.25, -0.2) is 18.3 Å². The standard InChI is InChI=1S/C27H24BrN3O5S/c1-37(35,36)21-13-11-19(12-14-21)29-31-23(25(32)17-7-9-18(28)10-8-17)16-15-22-24(31)27(34)30(26(22)33)20-5-3-2-4-6-20/h2-16,22-25,29,32H,1H3/t22-,23-,24?,25-/m1/s1. The number of hydrogen-bond donors (Lipinski definition) is 2. The molecule has 1 unspecified atom stereocenters. The smallest absolute Gasteiger partial charge is 0.254 e. The van der Waals surface area contributed by atoms with Crippen molar-refractivity contribution in [3.05, 3.63) is 101 Å². The van der Waals surface area contributed by atoms with Gasteiger partial charge in [0.15, 0.2) is 9.84 Å². The number of aliphatic hydroxyl groups is 1. The molecule has 2 amide bonds. The van der Waals surface area contributed by atoms with Gasteiger partial charge >= 0.3 is 0 Å². The Kier molecular flexibility index (Phi) is 6.76. The lowest BCUT2D eigenvalue weighted by Crippen LogP contribution is -2.55. The number of aliphatic hydroxyl groups excluding tert-OH is 1. The molecule has 0 aromatic heterocycles. The molecule has 5 rings (SSSR count).